The maximum atomic E-state index is 12.7. The van der Waals surface area contributed by atoms with Crippen LogP contribution in [0, 0.1) is 10.8 Å². The van der Waals surface area contributed by atoms with E-state index in [1.165, 1.54) is 0 Å². The average molecular weight is 573 g/mol. The van der Waals surface area contributed by atoms with Gasteiger partial charge in [0.05, 0.1) is 31.8 Å². The van der Waals surface area contributed by atoms with Crippen molar-refractivity contribution in [2.75, 3.05) is 39.5 Å². The number of nitrogens with one attached hydrogen (secondary N) is 3. The Labute approximate surface area is 241 Å². The van der Waals surface area contributed by atoms with Gasteiger partial charge in [-0.05, 0) is 57.8 Å². The van der Waals surface area contributed by atoms with Gasteiger partial charge in [0, 0.05) is 25.0 Å². The number of nitrogens with two attached hydrogens (primary N) is 1. The van der Waals surface area contributed by atoms with Gasteiger partial charge in [0.2, 0.25) is 11.8 Å². The van der Waals surface area contributed by atoms with Crippen LogP contribution in [-0.2, 0) is 28.7 Å². The number of carbonyl (C=O) groups excluding carboxylic acids is 3. The molecule has 0 unspecified atom stereocenters. The van der Waals surface area contributed by atoms with Crippen LogP contribution in [0.5, 0.6) is 0 Å². The van der Waals surface area contributed by atoms with Gasteiger partial charge in [-0.3, -0.25) is 24.5 Å². The van der Waals surface area contributed by atoms with E-state index in [0.29, 0.717) is 26.1 Å². The van der Waals surface area contributed by atoms with E-state index >= 15 is 0 Å². The molecule has 0 aliphatic rings. The van der Waals surface area contributed by atoms with E-state index in [-0.39, 0.29) is 60.7 Å². The zero-order valence-corrected chi connectivity index (χ0v) is 26.3. The number of carboxylic acids is 1. The summed E-state index contributed by atoms with van der Waals surface area (Å²) in [6.07, 6.45) is 2.60. The van der Waals surface area contributed by atoms with Crippen molar-refractivity contribution in [2.45, 2.75) is 112 Å². The van der Waals surface area contributed by atoms with Gasteiger partial charge in [0.1, 0.15) is 12.6 Å². The second kappa shape index (κ2) is 17.0. The van der Waals surface area contributed by atoms with Crippen molar-refractivity contribution in [1.29, 1.82) is 0 Å². The van der Waals surface area contributed by atoms with Gasteiger partial charge in [0.25, 0.3) is 0 Å². The molecule has 0 radical (unpaired) electrons. The lowest BCUT2D eigenvalue weighted by molar-refractivity contribution is -0.139. The Hall–Kier alpha value is -2.08. The molecular formula is C29H56N4O7. The fraction of sp³-hybridized carbons (Fsp3) is 0.862. The predicted molar refractivity (Wildman–Crippen MR) is 156 cm³/mol. The van der Waals surface area contributed by atoms with Gasteiger partial charge in [-0.1, -0.05) is 34.6 Å². The lowest BCUT2D eigenvalue weighted by Gasteiger charge is -2.31. The third-order valence-electron chi connectivity index (χ3n) is 7.17. The Morgan fingerprint density at radius 3 is 1.93 bits per heavy atom. The first-order valence-corrected chi connectivity index (χ1v) is 14.2. The van der Waals surface area contributed by atoms with Crippen molar-refractivity contribution in [3.63, 3.8) is 0 Å². The molecule has 11 heteroatoms. The number of hydrogen-bond acceptors (Lipinski definition) is 8. The molecule has 234 valence electrons. The van der Waals surface area contributed by atoms with Crippen LogP contribution in [0.3, 0.4) is 0 Å². The van der Waals surface area contributed by atoms with Crippen molar-refractivity contribution < 1.29 is 33.8 Å². The quantitative estimate of drug-likeness (QED) is 0.115. The summed E-state index contributed by atoms with van der Waals surface area (Å²) in [5.74, 6) is -2.05. The number of carbonyl (C=O) groups is 4. The number of carboxylic acid groups (broad SMARTS) is 1. The Morgan fingerprint density at radius 1 is 0.850 bits per heavy atom. The van der Waals surface area contributed by atoms with Gasteiger partial charge in [0.15, 0.2) is 5.78 Å². The molecule has 6 N–H and O–H groups in total. The van der Waals surface area contributed by atoms with E-state index in [4.69, 9.17) is 20.3 Å². The molecule has 0 aromatic heterocycles. The van der Waals surface area contributed by atoms with Crippen LogP contribution in [0.2, 0.25) is 0 Å². The molecule has 0 bridgehead atoms. The summed E-state index contributed by atoms with van der Waals surface area (Å²) in [6, 6.07) is -0.955. The highest BCUT2D eigenvalue weighted by atomic mass is 16.5. The molecule has 2 amide bonds. The van der Waals surface area contributed by atoms with Crippen molar-refractivity contribution in [3.8, 4) is 0 Å². The standard InChI is InChI=1S/C29H56N4O7/c1-10-28(6,7)32-13-14-39-15-16-40-20-22(34)29(8,9)33-21(25(30)38)19-31-23(35)17-26(2,3)11-12-27(4,5)18-24(36)37/h21,32-33H,10-20H2,1-9H3,(H2,30,38)(H,31,35)(H,36,37)/t21-/m1/s1. The minimum absolute atomic E-state index is 0.0595. The summed E-state index contributed by atoms with van der Waals surface area (Å²) in [5.41, 5.74) is 3.75. The van der Waals surface area contributed by atoms with E-state index in [0.717, 1.165) is 13.0 Å². The van der Waals surface area contributed by atoms with E-state index in [1.54, 1.807) is 13.8 Å². The second-order valence-corrected chi connectivity index (χ2v) is 13.4. The number of primary amides is 1. The molecule has 0 saturated carbocycles. The van der Waals surface area contributed by atoms with Gasteiger partial charge >= 0.3 is 5.97 Å². The van der Waals surface area contributed by atoms with Crippen LogP contribution in [-0.4, -0.2) is 85.3 Å². The summed E-state index contributed by atoms with van der Waals surface area (Å²) in [4.78, 5) is 48.5. The first-order chi connectivity index (χ1) is 18.2. The molecule has 0 aliphatic carbocycles. The monoisotopic (exact) mass is 572 g/mol. The first kappa shape index (κ1) is 37.9. The smallest absolute Gasteiger partial charge is 0.303 e. The third kappa shape index (κ3) is 17.6. The Morgan fingerprint density at radius 2 is 1.40 bits per heavy atom. The van der Waals surface area contributed by atoms with E-state index in [1.807, 2.05) is 27.7 Å². The SMILES string of the molecule is CCC(C)(C)NCCOCCOCC(=O)C(C)(C)N[C@H](CNC(=O)CC(C)(C)CCC(C)(C)CC(=O)O)C(N)=O. The van der Waals surface area contributed by atoms with Crippen LogP contribution >= 0.6 is 0 Å². The largest absolute Gasteiger partial charge is 0.481 e. The molecule has 0 aromatic rings. The minimum Gasteiger partial charge on any atom is -0.481 e. The topological polar surface area (TPSA) is 169 Å². The van der Waals surface area contributed by atoms with Gasteiger partial charge < -0.3 is 30.9 Å². The fourth-order valence-corrected chi connectivity index (χ4v) is 3.87. The first-order valence-electron chi connectivity index (χ1n) is 14.2. The molecule has 0 rings (SSSR count). The number of ether oxygens (including phenoxy) is 2. The van der Waals surface area contributed by atoms with Gasteiger partial charge in [-0.2, -0.15) is 0 Å². The number of aliphatic carboxylic acids is 1. The second-order valence-electron chi connectivity index (χ2n) is 13.4. The molecule has 0 spiro atoms. The van der Waals surface area contributed by atoms with Crippen molar-refractivity contribution in [1.82, 2.24) is 16.0 Å². The van der Waals surface area contributed by atoms with Crippen LogP contribution in [0.25, 0.3) is 0 Å². The number of Topliss-reactive ketones (excluding diaryl/α,β-unsaturated/α-hetero) is 1. The highest BCUT2D eigenvalue weighted by Gasteiger charge is 2.33. The summed E-state index contributed by atoms with van der Waals surface area (Å²) in [6.45, 7) is 19.0. The molecule has 0 saturated heterocycles. The zero-order valence-electron chi connectivity index (χ0n) is 26.3. The third-order valence-corrected chi connectivity index (χ3v) is 7.17. The molecular weight excluding hydrogens is 516 g/mol. The Bertz CT molecular complexity index is 825. The average Bonchev–Trinajstić information content (AvgIpc) is 2.80. The van der Waals surface area contributed by atoms with Crippen LogP contribution in [0.4, 0.5) is 0 Å². The lowest BCUT2D eigenvalue weighted by atomic mass is 9.76. The van der Waals surface area contributed by atoms with Crippen molar-refractivity contribution in [3.05, 3.63) is 0 Å². The maximum Gasteiger partial charge on any atom is 0.303 e. The lowest BCUT2D eigenvalue weighted by Crippen LogP contribution is -2.59. The van der Waals surface area contributed by atoms with E-state index in [2.05, 4.69) is 36.7 Å². The minimum atomic E-state index is -1.12. The maximum absolute atomic E-state index is 12.7. The molecule has 40 heavy (non-hydrogen) atoms. The molecule has 0 heterocycles. The Kier molecular flexibility index (Phi) is 16.1. The highest BCUT2D eigenvalue weighted by Crippen LogP contribution is 2.35. The summed E-state index contributed by atoms with van der Waals surface area (Å²) >= 11 is 0. The summed E-state index contributed by atoms with van der Waals surface area (Å²) in [7, 11) is 0. The summed E-state index contributed by atoms with van der Waals surface area (Å²) in [5, 5.41) is 18.2. The van der Waals surface area contributed by atoms with Crippen molar-refractivity contribution in [2.24, 2.45) is 16.6 Å². The van der Waals surface area contributed by atoms with Crippen molar-refractivity contribution >= 4 is 23.6 Å². The number of amides is 2. The van der Waals surface area contributed by atoms with E-state index < -0.39 is 23.5 Å². The number of hydrogen-bond donors (Lipinski definition) is 5. The predicted octanol–water partition coefficient (Wildman–Crippen LogP) is 2.40. The van der Waals surface area contributed by atoms with Crippen LogP contribution in [0.1, 0.15) is 94.4 Å². The summed E-state index contributed by atoms with van der Waals surface area (Å²) < 4.78 is 11.0. The Balaban J connectivity index is 4.57. The fourth-order valence-electron chi connectivity index (χ4n) is 3.87. The van der Waals surface area contributed by atoms with Crippen LogP contribution in [0.15, 0.2) is 0 Å². The normalized spacial score (nSPS) is 13.6. The molecule has 1 atom stereocenters. The molecule has 0 aliphatic heterocycles. The number of rotatable bonds is 23. The highest BCUT2D eigenvalue weighted by molar-refractivity contribution is 5.90. The number of ketones is 1. The molecule has 11 nitrogen and oxygen atoms in total. The van der Waals surface area contributed by atoms with Crippen LogP contribution < -0.4 is 21.7 Å². The zero-order chi connectivity index (χ0) is 31.2. The van der Waals surface area contributed by atoms with Gasteiger partial charge in [-0.25, -0.2) is 0 Å². The molecule has 0 aromatic carbocycles. The van der Waals surface area contributed by atoms with E-state index in [9.17, 15) is 19.2 Å². The molecule has 0 fully saturated rings. The van der Waals surface area contributed by atoms with Gasteiger partial charge in [-0.15, -0.1) is 0 Å².